The molecule has 2 aliphatic heterocycles. The second kappa shape index (κ2) is 8.14. The van der Waals surface area contributed by atoms with Gasteiger partial charge >= 0.3 is 5.63 Å². The molecular formula is C22H23N3O5. The Morgan fingerprint density at radius 2 is 1.97 bits per heavy atom. The first kappa shape index (κ1) is 19.9. The lowest BCUT2D eigenvalue weighted by Gasteiger charge is -2.28. The van der Waals surface area contributed by atoms with E-state index in [0.717, 1.165) is 12.0 Å². The Labute approximate surface area is 173 Å². The van der Waals surface area contributed by atoms with Crippen LogP contribution in [0.5, 0.6) is 0 Å². The Morgan fingerprint density at radius 1 is 1.20 bits per heavy atom. The van der Waals surface area contributed by atoms with Gasteiger partial charge in [-0.1, -0.05) is 30.3 Å². The summed E-state index contributed by atoms with van der Waals surface area (Å²) in [4.78, 5) is 50.6. The molecule has 2 saturated heterocycles. The van der Waals surface area contributed by atoms with Crippen LogP contribution >= 0.6 is 0 Å². The van der Waals surface area contributed by atoms with E-state index in [0.29, 0.717) is 24.2 Å². The minimum Gasteiger partial charge on any atom is -0.427 e. The highest BCUT2D eigenvalue weighted by Crippen LogP contribution is 2.21. The first-order valence-electron chi connectivity index (χ1n) is 9.98. The average molecular weight is 409 g/mol. The molecule has 4 rings (SSSR count). The second-order valence-corrected chi connectivity index (χ2v) is 7.73. The van der Waals surface area contributed by atoms with Crippen molar-refractivity contribution in [2.45, 2.75) is 38.3 Å². The van der Waals surface area contributed by atoms with Crippen LogP contribution in [-0.2, 0) is 22.4 Å². The molecule has 2 N–H and O–H groups in total. The molecule has 2 aromatic rings. The number of amides is 3. The van der Waals surface area contributed by atoms with Gasteiger partial charge in [0.05, 0.1) is 6.54 Å². The molecule has 3 amide bonds. The van der Waals surface area contributed by atoms with E-state index >= 15 is 0 Å². The van der Waals surface area contributed by atoms with E-state index in [4.69, 9.17) is 4.42 Å². The molecule has 0 saturated carbocycles. The summed E-state index contributed by atoms with van der Waals surface area (Å²) in [5.41, 5.74) is 0.950. The maximum Gasteiger partial charge on any atom is 0.349 e. The third-order valence-corrected chi connectivity index (χ3v) is 5.60. The van der Waals surface area contributed by atoms with E-state index in [1.807, 2.05) is 30.3 Å². The Balaban J connectivity index is 1.43. The maximum atomic E-state index is 12.7. The summed E-state index contributed by atoms with van der Waals surface area (Å²) in [6, 6.07) is 10.6. The molecule has 156 valence electrons. The fourth-order valence-corrected chi connectivity index (χ4v) is 4.09. The molecule has 0 spiro atoms. The summed E-state index contributed by atoms with van der Waals surface area (Å²) in [7, 11) is 0. The summed E-state index contributed by atoms with van der Waals surface area (Å²) >= 11 is 0. The summed E-state index contributed by atoms with van der Waals surface area (Å²) < 4.78 is 5.38. The zero-order valence-electron chi connectivity index (χ0n) is 16.6. The first-order chi connectivity index (χ1) is 14.4. The van der Waals surface area contributed by atoms with Crippen molar-refractivity contribution in [2.24, 2.45) is 0 Å². The van der Waals surface area contributed by atoms with Crippen LogP contribution in [0.15, 0.2) is 45.6 Å². The molecule has 1 aromatic carbocycles. The summed E-state index contributed by atoms with van der Waals surface area (Å²) in [5, 5.41) is 5.33. The number of fused-ring (bicyclic) bond motifs is 1. The van der Waals surface area contributed by atoms with E-state index in [-0.39, 0.29) is 30.5 Å². The predicted molar refractivity (Wildman–Crippen MR) is 108 cm³/mol. The molecule has 3 heterocycles. The molecule has 0 unspecified atom stereocenters. The van der Waals surface area contributed by atoms with Crippen molar-refractivity contribution < 1.29 is 18.8 Å². The van der Waals surface area contributed by atoms with Gasteiger partial charge in [0.1, 0.15) is 17.4 Å². The van der Waals surface area contributed by atoms with Crippen LogP contribution in [0.4, 0.5) is 0 Å². The lowest BCUT2D eigenvalue weighted by molar-refractivity contribution is -0.143. The minimum absolute atomic E-state index is 0.0247. The largest absolute Gasteiger partial charge is 0.427 e. The number of nitrogens with one attached hydrogen (secondary N) is 2. The quantitative estimate of drug-likeness (QED) is 0.750. The number of benzene rings is 1. The number of piperazine rings is 1. The zero-order chi connectivity index (χ0) is 21.3. The van der Waals surface area contributed by atoms with Gasteiger partial charge in [0.25, 0.3) is 5.91 Å². The lowest BCUT2D eigenvalue weighted by Crippen LogP contribution is -2.55. The third-order valence-electron chi connectivity index (χ3n) is 5.60. The summed E-state index contributed by atoms with van der Waals surface area (Å²) in [6.45, 7) is 1.93. The van der Waals surface area contributed by atoms with E-state index < -0.39 is 23.6 Å². The van der Waals surface area contributed by atoms with Crippen molar-refractivity contribution >= 4 is 17.7 Å². The summed E-state index contributed by atoms with van der Waals surface area (Å²) in [5.74, 6) is -0.411. The van der Waals surface area contributed by atoms with Crippen molar-refractivity contribution in [3.8, 4) is 0 Å². The number of carbonyl (C=O) groups is 3. The molecule has 2 fully saturated rings. The van der Waals surface area contributed by atoms with Crippen molar-refractivity contribution in [3.63, 3.8) is 0 Å². The van der Waals surface area contributed by atoms with Gasteiger partial charge in [0, 0.05) is 19.0 Å². The highest BCUT2D eigenvalue weighted by molar-refractivity contribution is 5.97. The molecule has 0 aliphatic carbocycles. The number of carbonyl (C=O) groups excluding carboxylic acids is 3. The Morgan fingerprint density at radius 3 is 2.67 bits per heavy atom. The van der Waals surface area contributed by atoms with Gasteiger partial charge in [-0.2, -0.15) is 0 Å². The molecule has 2 aliphatic rings. The third kappa shape index (κ3) is 3.98. The predicted octanol–water partition coefficient (Wildman–Crippen LogP) is 0.563. The Bertz CT molecular complexity index is 1020. The number of hydrogen-bond donors (Lipinski definition) is 2. The summed E-state index contributed by atoms with van der Waals surface area (Å²) in [6.07, 6.45) is 1.60. The lowest BCUT2D eigenvalue weighted by atomic mass is 10.1. The fraction of sp³-hybridized carbons (Fsp3) is 0.364. The van der Waals surface area contributed by atoms with Gasteiger partial charge in [-0.25, -0.2) is 4.79 Å². The highest BCUT2D eigenvalue weighted by Gasteiger charge is 2.43. The molecule has 0 bridgehead atoms. The van der Waals surface area contributed by atoms with Gasteiger partial charge in [-0.3, -0.25) is 14.4 Å². The van der Waals surface area contributed by atoms with Crippen molar-refractivity contribution in [1.82, 2.24) is 15.5 Å². The highest BCUT2D eigenvalue weighted by atomic mass is 16.4. The molecule has 0 radical (unpaired) electrons. The van der Waals surface area contributed by atoms with Crippen LogP contribution < -0.4 is 16.3 Å². The molecule has 2 atom stereocenters. The zero-order valence-corrected chi connectivity index (χ0v) is 16.6. The van der Waals surface area contributed by atoms with Crippen LogP contribution in [0.1, 0.15) is 33.7 Å². The van der Waals surface area contributed by atoms with E-state index in [1.54, 1.807) is 13.0 Å². The van der Waals surface area contributed by atoms with Gasteiger partial charge in [-0.15, -0.1) is 0 Å². The first-order valence-corrected chi connectivity index (χ1v) is 9.98. The molecule has 8 heteroatoms. The van der Waals surface area contributed by atoms with Crippen LogP contribution in [0, 0.1) is 6.92 Å². The Hall–Kier alpha value is -3.42. The molecule has 30 heavy (non-hydrogen) atoms. The number of aryl methyl sites for hydroxylation is 3. The topological polar surface area (TPSA) is 109 Å². The molecular weight excluding hydrogens is 386 g/mol. The average Bonchev–Trinajstić information content (AvgIpc) is 3.14. The fourth-order valence-electron chi connectivity index (χ4n) is 4.09. The van der Waals surface area contributed by atoms with Crippen LogP contribution in [0.25, 0.3) is 0 Å². The van der Waals surface area contributed by atoms with Crippen LogP contribution in [0.3, 0.4) is 0 Å². The number of nitrogens with zero attached hydrogens (tertiary/aromatic N) is 1. The van der Waals surface area contributed by atoms with E-state index in [9.17, 15) is 19.2 Å². The smallest absolute Gasteiger partial charge is 0.349 e. The van der Waals surface area contributed by atoms with Crippen molar-refractivity contribution in [2.75, 3.05) is 13.1 Å². The van der Waals surface area contributed by atoms with Gasteiger partial charge in [0.15, 0.2) is 0 Å². The van der Waals surface area contributed by atoms with Crippen LogP contribution in [-0.4, -0.2) is 47.8 Å². The molecule has 8 nitrogen and oxygen atoms in total. The minimum atomic E-state index is -0.680. The maximum absolute atomic E-state index is 12.7. The van der Waals surface area contributed by atoms with Gasteiger partial charge in [-0.05, 0) is 37.0 Å². The Kier molecular flexibility index (Phi) is 5.39. The van der Waals surface area contributed by atoms with Crippen molar-refractivity contribution in [1.29, 1.82) is 0 Å². The second-order valence-electron chi connectivity index (χ2n) is 7.73. The van der Waals surface area contributed by atoms with E-state index in [1.165, 1.54) is 4.90 Å². The number of hydrogen-bond acceptors (Lipinski definition) is 5. The molecule has 1 aromatic heterocycles. The van der Waals surface area contributed by atoms with E-state index in [2.05, 4.69) is 10.6 Å². The van der Waals surface area contributed by atoms with Gasteiger partial charge < -0.3 is 20.0 Å². The van der Waals surface area contributed by atoms with Crippen LogP contribution in [0.2, 0.25) is 0 Å². The number of rotatable bonds is 5. The normalized spacial score (nSPS) is 20.6. The van der Waals surface area contributed by atoms with Gasteiger partial charge in [0.2, 0.25) is 11.8 Å². The standard InChI is InChI=1S/C22H23N3O5/c1-13-9-16(8-7-14-5-3-2-4-6-14)30-22(29)19(13)21(28)24-15-10-17-20(27)23-11-18(26)25(17)12-15/h2-6,9,15,17H,7-8,10-12H2,1H3,(H,23,27)(H,24,28)/t15-,17-/m0/s1. The SMILES string of the molecule is Cc1cc(CCc2ccccc2)oc(=O)c1C(=O)N[C@H]1C[C@H]2C(=O)NCC(=O)N2C1. The monoisotopic (exact) mass is 409 g/mol. The van der Waals surface area contributed by atoms with Crippen molar-refractivity contribution in [3.05, 3.63) is 69.3 Å².